The van der Waals surface area contributed by atoms with E-state index in [2.05, 4.69) is 10.1 Å². The zero-order valence-electron chi connectivity index (χ0n) is 9.31. The highest BCUT2D eigenvalue weighted by Crippen LogP contribution is 2.28. The third-order valence-electron chi connectivity index (χ3n) is 3.03. The largest absolute Gasteiger partial charge is 0.299 e. The number of aromatic nitrogens is 3. The van der Waals surface area contributed by atoms with E-state index in [1.54, 1.807) is 0 Å². The van der Waals surface area contributed by atoms with E-state index in [1.807, 2.05) is 18.5 Å². The van der Waals surface area contributed by atoms with Crippen LogP contribution in [0.5, 0.6) is 0 Å². The van der Waals surface area contributed by atoms with Crippen molar-refractivity contribution < 1.29 is 4.79 Å². The lowest BCUT2D eigenvalue weighted by Gasteiger charge is -2.23. The monoisotopic (exact) mass is 207 g/mol. The maximum atomic E-state index is 11.8. The summed E-state index contributed by atoms with van der Waals surface area (Å²) < 4.78 is 1.83. The maximum Gasteiger partial charge on any atom is 0.143 e. The molecule has 1 aromatic rings. The SMILES string of the molecule is CC(C)n1ncnc1CC(=O)C1CCC1. The van der Waals surface area contributed by atoms with Crippen LogP contribution in [-0.4, -0.2) is 20.5 Å². The summed E-state index contributed by atoms with van der Waals surface area (Å²) in [5, 5.41) is 4.13. The third-order valence-corrected chi connectivity index (χ3v) is 3.03. The number of ketones is 1. The van der Waals surface area contributed by atoms with Gasteiger partial charge in [0.25, 0.3) is 0 Å². The molecule has 2 rings (SSSR count). The number of nitrogens with zero attached hydrogens (tertiary/aromatic N) is 3. The maximum absolute atomic E-state index is 11.8. The van der Waals surface area contributed by atoms with Crippen LogP contribution in [0.2, 0.25) is 0 Å². The van der Waals surface area contributed by atoms with Crippen molar-refractivity contribution in [3.8, 4) is 0 Å². The molecular formula is C11H17N3O. The number of hydrogen-bond donors (Lipinski definition) is 0. The minimum absolute atomic E-state index is 0.275. The molecule has 0 amide bonds. The van der Waals surface area contributed by atoms with Crippen LogP contribution >= 0.6 is 0 Å². The second-order valence-electron chi connectivity index (χ2n) is 4.49. The summed E-state index contributed by atoms with van der Waals surface area (Å²) in [6, 6.07) is 0.275. The fraction of sp³-hybridized carbons (Fsp3) is 0.727. The number of rotatable bonds is 4. The zero-order valence-corrected chi connectivity index (χ0v) is 9.31. The van der Waals surface area contributed by atoms with E-state index in [0.29, 0.717) is 18.1 Å². The van der Waals surface area contributed by atoms with Crippen LogP contribution in [0.25, 0.3) is 0 Å². The Kier molecular flexibility index (Phi) is 2.84. The summed E-state index contributed by atoms with van der Waals surface area (Å²) in [6.45, 7) is 4.10. The van der Waals surface area contributed by atoms with Crippen molar-refractivity contribution >= 4 is 5.78 Å². The summed E-state index contributed by atoms with van der Waals surface area (Å²) in [5.74, 6) is 1.43. The van der Waals surface area contributed by atoms with Gasteiger partial charge in [0.2, 0.25) is 0 Å². The molecule has 0 radical (unpaired) electrons. The van der Waals surface area contributed by atoms with E-state index in [0.717, 1.165) is 18.7 Å². The van der Waals surface area contributed by atoms with Gasteiger partial charge >= 0.3 is 0 Å². The van der Waals surface area contributed by atoms with Crippen LogP contribution in [0.15, 0.2) is 6.33 Å². The van der Waals surface area contributed by atoms with Crippen molar-refractivity contribution in [1.29, 1.82) is 0 Å². The molecule has 82 valence electrons. The molecule has 0 spiro atoms. The van der Waals surface area contributed by atoms with Gasteiger partial charge in [-0.25, -0.2) is 9.67 Å². The molecular weight excluding hydrogens is 190 g/mol. The second kappa shape index (κ2) is 4.13. The van der Waals surface area contributed by atoms with E-state index in [-0.39, 0.29) is 6.04 Å². The van der Waals surface area contributed by atoms with Crippen LogP contribution in [0.1, 0.15) is 45.0 Å². The molecule has 1 heterocycles. The van der Waals surface area contributed by atoms with Crippen LogP contribution < -0.4 is 0 Å². The highest BCUT2D eigenvalue weighted by atomic mass is 16.1. The molecule has 1 aliphatic carbocycles. The van der Waals surface area contributed by atoms with Crippen LogP contribution in [0, 0.1) is 5.92 Å². The fourth-order valence-electron chi connectivity index (χ4n) is 1.86. The third kappa shape index (κ3) is 2.08. The first-order valence-corrected chi connectivity index (χ1v) is 5.59. The first-order chi connectivity index (χ1) is 7.18. The van der Waals surface area contributed by atoms with E-state index in [4.69, 9.17) is 0 Å². The van der Waals surface area contributed by atoms with Gasteiger partial charge in [0.05, 0.1) is 6.42 Å². The van der Waals surface area contributed by atoms with Gasteiger partial charge in [0.1, 0.15) is 17.9 Å². The fourth-order valence-corrected chi connectivity index (χ4v) is 1.86. The molecule has 1 fully saturated rings. The summed E-state index contributed by atoms with van der Waals surface area (Å²) >= 11 is 0. The summed E-state index contributed by atoms with van der Waals surface area (Å²) in [5.41, 5.74) is 0. The van der Waals surface area contributed by atoms with Gasteiger partial charge < -0.3 is 0 Å². The van der Waals surface area contributed by atoms with Gasteiger partial charge in [-0.05, 0) is 26.7 Å². The van der Waals surface area contributed by atoms with Crippen molar-refractivity contribution in [3.05, 3.63) is 12.2 Å². The Hall–Kier alpha value is -1.19. The molecule has 0 aliphatic heterocycles. The highest BCUT2D eigenvalue weighted by molar-refractivity contribution is 5.83. The predicted octanol–water partition coefficient (Wildman–Crippen LogP) is 1.77. The average molecular weight is 207 g/mol. The second-order valence-corrected chi connectivity index (χ2v) is 4.49. The first kappa shape index (κ1) is 10.3. The molecule has 1 aliphatic rings. The molecule has 15 heavy (non-hydrogen) atoms. The zero-order chi connectivity index (χ0) is 10.8. The molecule has 0 saturated heterocycles. The molecule has 0 atom stereocenters. The topological polar surface area (TPSA) is 47.8 Å². The lowest BCUT2D eigenvalue weighted by atomic mass is 9.81. The van der Waals surface area contributed by atoms with Crippen molar-refractivity contribution in [3.63, 3.8) is 0 Å². The lowest BCUT2D eigenvalue weighted by molar-refractivity contribution is -0.124. The standard InChI is InChI=1S/C11H17N3O/c1-8(2)14-11(12-7-13-14)6-10(15)9-4-3-5-9/h7-9H,3-6H2,1-2H3. The van der Waals surface area contributed by atoms with Gasteiger partial charge in [-0.2, -0.15) is 5.10 Å². The molecule has 4 heteroatoms. The van der Waals surface area contributed by atoms with Crippen molar-refractivity contribution in [1.82, 2.24) is 14.8 Å². The van der Waals surface area contributed by atoms with E-state index in [1.165, 1.54) is 12.7 Å². The van der Waals surface area contributed by atoms with Crippen LogP contribution in [0.4, 0.5) is 0 Å². The Morgan fingerprint density at radius 2 is 2.33 bits per heavy atom. The quantitative estimate of drug-likeness (QED) is 0.756. The number of carbonyl (C=O) groups excluding carboxylic acids is 1. The molecule has 1 saturated carbocycles. The Morgan fingerprint density at radius 3 is 2.87 bits per heavy atom. The van der Waals surface area contributed by atoms with Crippen LogP contribution in [-0.2, 0) is 11.2 Å². The molecule has 1 aromatic heterocycles. The summed E-state index contributed by atoms with van der Waals surface area (Å²) in [6.07, 6.45) is 5.31. The van der Waals surface area contributed by atoms with E-state index in [9.17, 15) is 4.79 Å². The molecule has 0 N–H and O–H groups in total. The van der Waals surface area contributed by atoms with Gasteiger partial charge in [-0.3, -0.25) is 4.79 Å². The Bertz CT molecular complexity index is 352. The van der Waals surface area contributed by atoms with Crippen molar-refractivity contribution in [2.45, 2.75) is 45.6 Å². The summed E-state index contributed by atoms with van der Waals surface area (Å²) in [4.78, 5) is 15.9. The Balaban J connectivity index is 2.03. The summed E-state index contributed by atoms with van der Waals surface area (Å²) in [7, 11) is 0. The predicted molar refractivity (Wildman–Crippen MR) is 56.5 cm³/mol. The van der Waals surface area contributed by atoms with Gasteiger partial charge in [-0.15, -0.1) is 0 Å². The molecule has 0 unspecified atom stereocenters. The highest BCUT2D eigenvalue weighted by Gasteiger charge is 2.26. The molecule has 4 nitrogen and oxygen atoms in total. The van der Waals surface area contributed by atoms with Crippen LogP contribution in [0.3, 0.4) is 0 Å². The number of hydrogen-bond acceptors (Lipinski definition) is 3. The van der Waals surface area contributed by atoms with Gasteiger partial charge in [0, 0.05) is 12.0 Å². The van der Waals surface area contributed by atoms with E-state index < -0.39 is 0 Å². The van der Waals surface area contributed by atoms with Gasteiger partial charge in [-0.1, -0.05) is 6.42 Å². The Morgan fingerprint density at radius 1 is 1.60 bits per heavy atom. The Labute approximate surface area is 89.7 Å². The number of Topliss-reactive ketones (excluding diaryl/α,β-unsaturated/α-hetero) is 1. The minimum atomic E-state index is 0.275. The average Bonchev–Trinajstić information content (AvgIpc) is 2.48. The molecule has 0 bridgehead atoms. The van der Waals surface area contributed by atoms with Crippen molar-refractivity contribution in [2.24, 2.45) is 5.92 Å². The minimum Gasteiger partial charge on any atom is -0.299 e. The normalized spacial score (nSPS) is 16.7. The lowest BCUT2D eigenvalue weighted by Crippen LogP contribution is -2.25. The number of carbonyl (C=O) groups is 1. The smallest absolute Gasteiger partial charge is 0.143 e. The van der Waals surface area contributed by atoms with E-state index >= 15 is 0 Å². The molecule has 0 aromatic carbocycles. The first-order valence-electron chi connectivity index (χ1n) is 5.59. The van der Waals surface area contributed by atoms with Crippen molar-refractivity contribution in [2.75, 3.05) is 0 Å². The van der Waals surface area contributed by atoms with Gasteiger partial charge in [0.15, 0.2) is 0 Å².